The largest absolute Gasteiger partial charge is 1.00 e. The van der Waals surface area contributed by atoms with Gasteiger partial charge in [-0.15, -0.1) is 0 Å². The topological polar surface area (TPSA) is 425 Å². The number of alkyl halides is 1. The van der Waals surface area contributed by atoms with Crippen LogP contribution in [-0.4, -0.2) is 107 Å². The van der Waals surface area contributed by atoms with Gasteiger partial charge >= 0.3 is 71.6 Å². The van der Waals surface area contributed by atoms with Gasteiger partial charge in [-0.1, -0.05) is 112 Å². The maximum absolute atomic E-state index is 14.1. The number of fused-ring (bicyclic) bond motifs is 4. The number of carbonyl (C=O) groups is 6. The van der Waals surface area contributed by atoms with Crippen molar-refractivity contribution in [3.8, 4) is 69.3 Å². The number of nitrogens with zero attached hydrogens (tertiary/aromatic N) is 9. The number of anilines is 1. The fraction of sp³-hybridized carbons (Fsp3) is 0.156. The second kappa shape index (κ2) is 49.5. The molecule has 0 spiro atoms. The zero-order valence-electron chi connectivity index (χ0n) is 70.7. The number of nitrogen functional groups attached to an aromatic ring is 1. The van der Waals surface area contributed by atoms with Gasteiger partial charge in [-0.25, -0.2) is 70.7 Å². The number of esters is 5. The summed E-state index contributed by atoms with van der Waals surface area (Å²) in [6.45, 7) is 1.83. The van der Waals surface area contributed by atoms with E-state index in [1.54, 1.807) is 104 Å². The second-order valence-corrected chi connectivity index (χ2v) is 37.3. The molecule has 4 unspecified atom stereocenters. The van der Waals surface area contributed by atoms with Gasteiger partial charge in [0, 0.05) is 83.9 Å². The number of aldehydes is 1. The van der Waals surface area contributed by atoms with E-state index in [0.717, 1.165) is 0 Å². The molecule has 0 saturated heterocycles. The Kier molecular flexibility index (Phi) is 39.0. The van der Waals surface area contributed by atoms with Crippen LogP contribution in [0.4, 0.5) is 27.9 Å². The van der Waals surface area contributed by atoms with Crippen LogP contribution in [0.2, 0.25) is 30.4 Å². The number of rotatable bonds is 19. The first-order valence-electron chi connectivity index (χ1n) is 39.0. The Bertz CT molecular complexity index is 6830. The number of furan rings is 5. The Balaban J connectivity index is 0.000000172. The van der Waals surface area contributed by atoms with Gasteiger partial charge in [0.05, 0.1) is 57.8 Å². The van der Waals surface area contributed by atoms with Crippen LogP contribution in [-0.2, 0) is 59.3 Å². The second-order valence-electron chi connectivity index (χ2n) is 27.8. The van der Waals surface area contributed by atoms with E-state index < -0.39 is 88.4 Å². The van der Waals surface area contributed by atoms with E-state index in [2.05, 4.69) is 99.5 Å². The number of H-pyrrole nitrogens is 1. The summed E-state index contributed by atoms with van der Waals surface area (Å²) in [6, 6.07) is 38.5. The fourth-order valence-electron chi connectivity index (χ4n) is 13.6. The molecule has 15 aromatic rings. The summed E-state index contributed by atoms with van der Waals surface area (Å²) >= 11 is 52.9. The van der Waals surface area contributed by atoms with Crippen LogP contribution in [0.15, 0.2) is 210 Å². The maximum Gasteiger partial charge on any atom is 1.00 e. The van der Waals surface area contributed by atoms with Gasteiger partial charge in [0.15, 0.2) is 35.1 Å². The number of cyclic esters (lactones) is 4. The zero-order valence-corrected chi connectivity index (χ0v) is 82.2. The van der Waals surface area contributed by atoms with E-state index in [4.69, 9.17) is 131 Å². The SMILES string of the molecule is C.CCOC(=O)c1c(C=O)nc(OC)nc1-c1ccco1.COc1nc(-c2ccco2)c2c(n1)C(Cc1c(F)cccc1Cl)OC2=O.Fc1cccc(Cl)c1CBr.Nc1nc(-c2ccco2)c2c(n1)C(Cc1c(F)cccc1Cl)OC2=O.O=C1OC(Cc2c(F)cccc2Cl)c2[nH]c(=O)nc(-c3ccco3)c21.O=C1OC(Cc2c(F)cccc2Cl)c2nc(Cl)nc(-c3ccco3)c21.O=P(Cl)(Cl)Cl.[I-].[Li+]. The predicted octanol–water partition coefficient (Wildman–Crippen LogP) is 18.0. The van der Waals surface area contributed by atoms with Crippen LogP contribution in [0.3, 0.4) is 0 Å². The average molecular weight is 2280 g/mol. The molecule has 0 fully saturated rings. The van der Waals surface area contributed by atoms with Gasteiger partial charge in [-0.3, -0.25) is 9.36 Å². The number of hydrogen-bond acceptors (Lipinski definition) is 30. The van der Waals surface area contributed by atoms with Crippen LogP contribution in [0.5, 0.6) is 12.0 Å². The van der Waals surface area contributed by atoms with Gasteiger partial charge in [0.2, 0.25) is 11.2 Å². The van der Waals surface area contributed by atoms with E-state index in [0.29, 0.717) is 56.6 Å². The summed E-state index contributed by atoms with van der Waals surface area (Å²) in [7, 11) is 2.77. The molecule has 0 bridgehead atoms. The monoisotopic (exact) mass is 2270 g/mol. The van der Waals surface area contributed by atoms with Crippen molar-refractivity contribution in [2.75, 3.05) is 26.6 Å². The molecule has 0 aliphatic carbocycles. The number of nitrogens with two attached hydrogens (primary N) is 1. The predicted molar refractivity (Wildman–Crippen MR) is 494 cm³/mol. The third-order valence-electron chi connectivity index (χ3n) is 19.4. The van der Waals surface area contributed by atoms with Crippen LogP contribution >= 0.6 is 124 Å². The normalized spacial score (nSPS) is 14.1. The van der Waals surface area contributed by atoms with E-state index in [1.807, 2.05) is 0 Å². The number of halogens is 16. The molecule has 0 amide bonds. The van der Waals surface area contributed by atoms with Crippen molar-refractivity contribution in [3.05, 3.63) is 337 Å². The Morgan fingerprint density at radius 2 is 0.763 bits per heavy atom. The summed E-state index contributed by atoms with van der Waals surface area (Å²) in [4.78, 5) is 124. The van der Waals surface area contributed by atoms with Crippen molar-refractivity contribution in [2.24, 2.45) is 0 Å². The Morgan fingerprint density at radius 1 is 0.446 bits per heavy atom. The van der Waals surface area contributed by atoms with E-state index in [1.165, 1.54) is 100 Å². The maximum atomic E-state index is 14.1. The van der Waals surface area contributed by atoms with Crippen molar-refractivity contribution in [3.63, 3.8) is 0 Å². The summed E-state index contributed by atoms with van der Waals surface area (Å²) in [6.07, 6.45) is 4.46. The van der Waals surface area contributed by atoms with E-state index in [9.17, 15) is 60.1 Å². The quantitative estimate of drug-likeness (QED) is 0.00873. The molecule has 19 rings (SSSR count). The molecule has 3 N–H and O–H groups in total. The van der Waals surface area contributed by atoms with E-state index >= 15 is 0 Å². The van der Waals surface area contributed by atoms with Crippen molar-refractivity contribution >= 4 is 167 Å². The molecule has 716 valence electrons. The van der Waals surface area contributed by atoms with Crippen molar-refractivity contribution < 1.29 is 153 Å². The Hall–Kier alpha value is -11.6. The zero-order chi connectivity index (χ0) is 97.5. The van der Waals surface area contributed by atoms with Crippen molar-refractivity contribution in [2.45, 2.75) is 69.8 Å². The molecule has 49 heteroatoms. The van der Waals surface area contributed by atoms with Gasteiger partial charge in [0.1, 0.15) is 133 Å². The molecular formula is C90H63BrCl9F5ILiN11O20P. The van der Waals surface area contributed by atoms with Gasteiger partial charge in [0.25, 0.3) is 0 Å². The molecule has 10 aromatic heterocycles. The van der Waals surface area contributed by atoms with Crippen molar-refractivity contribution in [1.82, 2.24) is 49.8 Å². The minimum atomic E-state index is -3.22. The first kappa shape index (κ1) is 109. The summed E-state index contributed by atoms with van der Waals surface area (Å²) in [5.41, 5.74) is 9.15. The van der Waals surface area contributed by atoms with Crippen LogP contribution in [0, 0.1) is 29.1 Å². The van der Waals surface area contributed by atoms with Gasteiger partial charge in [-0.2, -0.15) is 24.9 Å². The Morgan fingerprint density at radius 3 is 1.11 bits per heavy atom. The average Bonchev–Trinajstić information content (AvgIpc) is 1.62. The fourth-order valence-corrected chi connectivity index (χ4v) is 15.7. The third-order valence-corrected chi connectivity index (χ3v) is 21.9. The number of benzene rings is 5. The molecule has 4 aliphatic rings. The molecule has 14 heterocycles. The smallest absolute Gasteiger partial charge is 1.00 e. The van der Waals surface area contributed by atoms with Crippen LogP contribution < -0.4 is 63.7 Å². The van der Waals surface area contributed by atoms with Gasteiger partial charge < -0.3 is 89.9 Å². The number of ether oxygens (including phenoxy) is 7. The number of nitrogens with one attached hydrogen (secondary N) is 1. The number of aromatic amines is 1. The summed E-state index contributed by atoms with van der Waals surface area (Å²) in [5.74, 6) is -3.74. The van der Waals surface area contributed by atoms with Crippen LogP contribution in [0.25, 0.3) is 57.3 Å². The molecule has 5 aromatic carbocycles. The molecule has 0 saturated carbocycles. The van der Waals surface area contributed by atoms with Gasteiger partial charge in [-0.05, 0) is 174 Å². The number of methoxy groups -OCH3 is 2. The third kappa shape index (κ3) is 26.4. The molecule has 4 aliphatic heterocycles. The number of hydrogen-bond donors (Lipinski definition) is 2. The van der Waals surface area contributed by atoms with Crippen molar-refractivity contribution in [1.29, 1.82) is 0 Å². The molecule has 0 radical (unpaired) electrons. The van der Waals surface area contributed by atoms with Crippen LogP contribution in [0.1, 0.15) is 152 Å². The molecule has 31 nitrogen and oxygen atoms in total. The molecule has 4 atom stereocenters. The number of carbonyl (C=O) groups excluding carboxylic acids is 6. The first-order chi connectivity index (χ1) is 65.2. The minimum absolute atomic E-state index is 0. The number of aromatic nitrogens is 10. The minimum Gasteiger partial charge on any atom is -1.00 e. The summed E-state index contributed by atoms with van der Waals surface area (Å²) < 4.78 is 141. The first-order valence-corrected chi connectivity index (χ1v) is 46.8. The standard InChI is InChI=1S/C18H12ClFN2O4.C17H9Cl2FN2O3.C17H11ClFN3O3.C17H10ClFN2O4.C13H12N2O5.C7H5BrClF.CH4.Cl3OP.HI.Li/c1-24-18-21-15(12-6-3-7-25-12)14-16(22-18)13(26-17(14)23)8-9-10(19)4-2-5-11(9)20;18-9-3-1-4-10(20)8(9)7-12-15-13(16(23)25-12)14(21-17(19)22-15)11-5-2-6-24-11;18-9-3-1-4-10(19)8(9)7-12-15-13(16(23)25-12)14(21-17(20)22-15)11-5-2-6-24-11;18-9-3-1-4-10(19)8(9)7-12-15-13(16(22)25-12)14(20-17(23)21-15)11-5-2-6-24-11;1-3-19-12(17)10-8(7-16)14-13(18-2)15-11(10)9-5-4-6-20-9;8-4-5-6(9)2-1-3-7(5)10;;1-5(2,3)4;;/h2-7,13H,8H2,1H3;1-6,12H,7H2;1-6,12H,7H2,(H2,20,21,22);1-6,12H,7H2,(H,20,21,23);4-7H,3H2,1-2H3;1-3H,4H2;1H4;;1H;/q;;;;;;;;;+1/p-1. The molecule has 139 heavy (non-hydrogen) atoms. The Labute approximate surface area is 865 Å². The summed E-state index contributed by atoms with van der Waals surface area (Å²) in [5, 5.41) is -1.40. The molecular weight excluding hydrogens is 2210 g/mol. The van der Waals surface area contributed by atoms with E-state index in [-0.39, 0.29) is 233 Å².